The molecule has 0 aromatic heterocycles. The van der Waals surface area contributed by atoms with Crippen molar-refractivity contribution < 1.29 is 13.2 Å². The molecular weight excluding hydrogens is 336 g/mol. The van der Waals surface area contributed by atoms with Gasteiger partial charge in [0.25, 0.3) is 10.0 Å². The summed E-state index contributed by atoms with van der Waals surface area (Å²) in [7, 11) is -3.68. The Labute approximate surface area is 148 Å². The van der Waals surface area contributed by atoms with Gasteiger partial charge in [-0.15, -0.1) is 0 Å². The van der Waals surface area contributed by atoms with Crippen molar-refractivity contribution in [3.63, 3.8) is 0 Å². The number of fused-ring (bicyclic) bond motifs is 1. The number of para-hydroxylation sites is 1. The van der Waals surface area contributed by atoms with Crippen molar-refractivity contribution in [3.8, 4) is 0 Å². The number of nitrogens with one attached hydrogen (secondary N) is 1. The van der Waals surface area contributed by atoms with Crippen LogP contribution in [0.3, 0.4) is 0 Å². The van der Waals surface area contributed by atoms with E-state index in [2.05, 4.69) is 4.72 Å². The molecule has 1 aliphatic heterocycles. The first-order valence-electron chi connectivity index (χ1n) is 8.36. The second-order valence-electron chi connectivity index (χ2n) is 6.31. The Hall–Kier alpha value is -2.34. The maximum atomic E-state index is 12.8. The second-order valence-corrected chi connectivity index (χ2v) is 7.99. The summed E-state index contributed by atoms with van der Waals surface area (Å²) in [5, 5.41) is 0. The molecule has 0 saturated heterocycles. The van der Waals surface area contributed by atoms with Gasteiger partial charge in [-0.05, 0) is 55.2 Å². The summed E-state index contributed by atoms with van der Waals surface area (Å²) in [4.78, 5) is 13.9. The molecule has 132 valence electrons. The van der Waals surface area contributed by atoms with Gasteiger partial charge in [0.05, 0.1) is 10.6 Å². The number of rotatable bonds is 4. The predicted octanol–water partition coefficient (Wildman–Crippen LogP) is 3.40. The van der Waals surface area contributed by atoms with Crippen LogP contribution in [0.25, 0.3) is 0 Å². The lowest BCUT2D eigenvalue weighted by Gasteiger charge is -2.17. The van der Waals surface area contributed by atoms with Crippen LogP contribution in [-0.2, 0) is 21.2 Å². The lowest BCUT2D eigenvalue weighted by Crippen LogP contribution is -2.27. The van der Waals surface area contributed by atoms with E-state index in [1.807, 2.05) is 39.0 Å². The molecular formula is C19H22N2O3S. The van der Waals surface area contributed by atoms with Crippen LogP contribution in [0.2, 0.25) is 0 Å². The van der Waals surface area contributed by atoms with E-state index in [4.69, 9.17) is 0 Å². The molecule has 0 bridgehead atoms. The standard InChI is InChI=1S/C19H22N2O3S/c1-4-18(22)21-11-10-15-12-16(8-9-17(15)21)25(23,24)20-19-13(2)6-5-7-14(19)3/h5-9,12,20H,4,10-11H2,1-3H3. The van der Waals surface area contributed by atoms with Crippen LogP contribution in [0.15, 0.2) is 41.3 Å². The highest BCUT2D eigenvalue weighted by atomic mass is 32.2. The topological polar surface area (TPSA) is 66.5 Å². The first kappa shape index (κ1) is 17.5. The Morgan fingerprint density at radius 3 is 2.48 bits per heavy atom. The lowest BCUT2D eigenvalue weighted by atomic mass is 10.1. The van der Waals surface area contributed by atoms with Crippen LogP contribution in [0.5, 0.6) is 0 Å². The molecule has 5 nitrogen and oxygen atoms in total. The molecule has 0 unspecified atom stereocenters. The van der Waals surface area contributed by atoms with E-state index in [0.717, 1.165) is 22.4 Å². The Morgan fingerprint density at radius 2 is 1.84 bits per heavy atom. The summed E-state index contributed by atoms with van der Waals surface area (Å²) >= 11 is 0. The van der Waals surface area contributed by atoms with Gasteiger partial charge in [0, 0.05) is 18.7 Å². The zero-order valence-corrected chi connectivity index (χ0v) is 15.5. The molecule has 1 heterocycles. The average molecular weight is 358 g/mol. The van der Waals surface area contributed by atoms with Gasteiger partial charge in [0.15, 0.2) is 0 Å². The summed E-state index contributed by atoms with van der Waals surface area (Å²) < 4.78 is 28.3. The third-order valence-electron chi connectivity index (χ3n) is 4.58. The van der Waals surface area contributed by atoms with Gasteiger partial charge in [0.2, 0.25) is 5.91 Å². The zero-order chi connectivity index (χ0) is 18.2. The molecule has 1 amide bonds. The van der Waals surface area contributed by atoms with Gasteiger partial charge in [-0.25, -0.2) is 8.42 Å². The third kappa shape index (κ3) is 3.26. The third-order valence-corrected chi connectivity index (χ3v) is 5.93. The molecule has 1 aliphatic rings. The summed E-state index contributed by atoms with van der Waals surface area (Å²) in [5.74, 6) is 0.0583. The fourth-order valence-corrected chi connectivity index (χ4v) is 4.42. The summed E-state index contributed by atoms with van der Waals surface area (Å²) in [6, 6.07) is 10.6. The molecule has 3 rings (SSSR count). The molecule has 0 aliphatic carbocycles. The van der Waals surface area contributed by atoms with Gasteiger partial charge in [0.1, 0.15) is 0 Å². The number of nitrogens with zero attached hydrogens (tertiary/aromatic N) is 1. The number of amides is 1. The van der Waals surface area contributed by atoms with Crippen molar-refractivity contribution in [1.29, 1.82) is 0 Å². The highest BCUT2D eigenvalue weighted by Crippen LogP contribution is 2.31. The summed E-state index contributed by atoms with van der Waals surface area (Å²) in [6.45, 7) is 6.19. The first-order chi connectivity index (χ1) is 11.8. The first-order valence-corrected chi connectivity index (χ1v) is 9.84. The molecule has 6 heteroatoms. The number of aryl methyl sites for hydroxylation is 2. The van der Waals surface area contributed by atoms with E-state index in [1.165, 1.54) is 0 Å². The van der Waals surface area contributed by atoms with Crippen molar-refractivity contribution in [3.05, 3.63) is 53.1 Å². The summed E-state index contributed by atoms with van der Waals surface area (Å²) in [6.07, 6.45) is 1.11. The zero-order valence-electron chi connectivity index (χ0n) is 14.7. The molecule has 0 atom stereocenters. The highest BCUT2D eigenvalue weighted by Gasteiger charge is 2.26. The van der Waals surface area contributed by atoms with Gasteiger partial charge in [-0.2, -0.15) is 0 Å². The fourth-order valence-electron chi connectivity index (χ4n) is 3.16. The van der Waals surface area contributed by atoms with Gasteiger partial charge in [-0.3, -0.25) is 9.52 Å². The van der Waals surface area contributed by atoms with Gasteiger partial charge >= 0.3 is 0 Å². The van der Waals surface area contributed by atoms with Crippen LogP contribution < -0.4 is 9.62 Å². The minimum absolute atomic E-state index is 0.0583. The van der Waals surface area contributed by atoms with Crippen LogP contribution in [0.4, 0.5) is 11.4 Å². The molecule has 25 heavy (non-hydrogen) atoms. The SMILES string of the molecule is CCC(=O)N1CCc2cc(S(=O)(=O)Nc3c(C)cccc3C)ccc21. The monoisotopic (exact) mass is 358 g/mol. The number of hydrogen-bond donors (Lipinski definition) is 1. The maximum Gasteiger partial charge on any atom is 0.261 e. The Balaban J connectivity index is 1.93. The van der Waals surface area contributed by atoms with E-state index in [9.17, 15) is 13.2 Å². The van der Waals surface area contributed by atoms with Crippen LogP contribution in [-0.4, -0.2) is 20.9 Å². The maximum absolute atomic E-state index is 12.8. The number of carbonyl (C=O) groups excluding carboxylic acids is 1. The van der Waals surface area contributed by atoms with Crippen LogP contribution in [0.1, 0.15) is 30.0 Å². The molecule has 0 saturated carbocycles. The minimum Gasteiger partial charge on any atom is -0.312 e. The Morgan fingerprint density at radius 1 is 1.16 bits per heavy atom. The molecule has 0 radical (unpaired) electrons. The molecule has 1 N–H and O–H groups in total. The number of anilines is 2. The number of carbonyl (C=O) groups is 1. The quantitative estimate of drug-likeness (QED) is 0.911. The number of hydrogen-bond acceptors (Lipinski definition) is 3. The van der Waals surface area contributed by atoms with Crippen molar-refractivity contribution in [2.75, 3.05) is 16.2 Å². The van der Waals surface area contributed by atoms with Gasteiger partial charge < -0.3 is 4.90 Å². The van der Waals surface area contributed by atoms with E-state index in [1.54, 1.807) is 23.1 Å². The van der Waals surface area contributed by atoms with Crippen molar-refractivity contribution in [2.24, 2.45) is 0 Å². The fraction of sp³-hybridized carbons (Fsp3) is 0.316. The average Bonchev–Trinajstić information content (AvgIpc) is 3.01. The highest BCUT2D eigenvalue weighted by molar-refractivity contribution is 7.92. The normalized spacial score (nSPS) is 13.6. The van der Waals surface area contributed by atoms with Crippen LogP contribution >= 0.6 is 0 Å². The van der Waals surface area contributed by atoms with E-state index in [-0.39, 0.29) is 10.8 Å². The van der Waals surface area contributed by atoms with Gasteiger partial charge in [-0.1, -0.05) is 25.1 Å². The largest absolute Gasteiger partial charge is 0.312 e. The second kappa shape index (κ2) is 6.52. The summed E-state index contributed by atoms with van der Waals surface area (Å²) in [5.41, 5.74) is 4.09. The van der Waals surface area contributed by atoms with E-state index >= 15 is 0 Å². The van der Waals surface area contributed by atoms with Crippen molar-refractivity contribution in [1.82, 2.24) is 0 Å². The molecule has 0 spiro atoms. The van der Waals surface area contributed by atoms with E-state index in [0.29, 0.717) is 25.1 Å². The number of sulfonamides is 1. The minimum atomic E-state index is -3.68. The predicted molar refractivity (Wildman–Crippen MR) is 99.5 cm³/mol. The van der Waals surface area contributed by atoms with Crippen molar-refractivity contribution >= 4 is 27.3 Å². The number of benzene rings is 2. The van der Waals surface area contributed by atoms with Crippen molar-refractivity contribution in [2.45, 2.75) is 38.5 Å². The Bertz CT molecular complexity index is 915. The molecule has 0 fully saturated rings. The lowest BCUT2D eigenvalue weighted by molar-refractivity contribution is -0.118. The Kier molecular flexibility index (Phi) is 4.56. The van der Waals surface area contributed by atoms with E-state index < -0.39 is 10.0 Å². The van der Waals surface area contributed by atoms with Crippen LogP contribution in [0, 0.1) is 13.8 Å². The smallest absolute Gasteiger partial charge is 0.261 e. The molecule has 2 aromatic rings. The molecule has 2 aromatic carbocycles.